The average molecular weight is 263 g/mol. The quantitative estimate of drug-likeness (QED) is 0.680. The van der Waals surface area contributed by atoms with Crippen molar-refractivity contribution in [3.05, 3.63) is 35.9 Å². The Kier molecular flexibility index (Phi) is 6.02. The van der Waals surface area contributed by atoms with Crippen LogP contribution in [0.15, 0.2) is 30.3 Å². The molecule has 0 aliphatic carbocycles. The lowest BCUT2D eigenvalue weighted by atomic mass is 10.0. The van der Waals surface area contributed by atoms with E-state index in [0.29, 0.717) is 12.8 Å². The van der Waals surface area contributed by atoms with Crippen LogP contribution in [0.25, 0.3) is 0 Å². The molecule has 5 N–H and O–H groups in total. The number of rotatable bonds is 7. The first-order valence-electron chi connectivity index (χ1n) is 6.37. The zero-order valence-corrected chi connectivity index (χ0v) is 11.1. The Morgan fingerprint density at radius 1 is 1.26 bits per heavy atom. The second-order valence-electron chi connectivity index (χ2n) is 4.69. The molecule has 0 heterocycles. The van der Waals surface area contributed by atoms with Crippen LogP contribution >= 0.6 is 0 Å². The minimum Gasteiger partial charge on any atom is -0.370 e. The van der Waals surface area contributed by atoms with Gasteiger partial charge in [-0.05, 0) is 18.9 Å². The summed E-state index contributed by atoms with van der Waals surface area (Å²) in [7, 11) is 0. The summed E-state index contributed by atoms with van der Waals surface area (Å²) in [5.74, 6) is -0.533. The molecule has 0 fully saturated rings. The van der Waals surface area contributed by atoms with E-state index in [2.05, 4.69) is 5.32 Å². The van der Waals surface area contributed by atoms with Gasteiger partial charge in [0.1, 0.15) is 0 Å². The SMILES string of the molecule is CC(CC(N)=O)NC(=O)CCC(N)c1ccccc1. The van der Waals surface area contributed by atoms with Crippen LogP contribution in [0.4, 0.5) is 0 Å². The average Bonchev–Trinajstić information content (AvgIpc) is 2.36. The molecule has 0 aliphatic rings. The summed E-state index contributed by atoms with van der Waals surface area (Å²) in [5, 5.41) is 2.72. The summed E-state index contributed by atoms with van der Waals surface area (Å²) in [4.78, 5) is 22.3. The fourth-order valence-electron chi connectivity index (χ4n) is 1.85. The van der Waals surface area contributed by atoms with Crippen molar-refractivity contribution >= 4 is 11.8 Å². The first-order valence-corrected chi connectivity index (χ1v) is 6.37. The minimum absolute atomic E-state index is 0.111. The molecule has 0 aromatic heterocycles. The second-order valence-corrected chi connectivity index (χ2v) is 4.69. The van der Waals surface area contributed by atoms with Crippen LogP contribution in [-0.4, -0.2) is 17.9 Å². The Morgan fingerprint density at radius 3 is 2.47 bits per heavy atom. The number of benzene rings is 1. The molecule has 5 nitrogen and oxygen atoms in total. The molecule has 19 heavy (non-hydrogen) atoms. The summed E-state index contributed by atoms with van der Waals surface area (Å²) in [6.45, 7) is 1.75. The summed E-state index contributed by atoms with van der Waals surface area (Å²) in [6.07, 6.45) is 1.05. The maximum absolute atomic E-state index is 11.7. The second kappa shape index (κ2) is 7.53. The Morgan fingerprint density at radius 2 is 1.89 bits per heavy atom. The lowest BCUT2D eigenvalue weighted by Crippen LogP contribution is -2.35. The minimum atomic E-state index is -0.422. The van der Waals surface area contributed by atoms with Crippen LogP contribution in [0.1, 0.15) is 37.8 Å². The maximum Gasteiger partial charge on any atom is 0.220 e. The standard InChI is InChI=1S/C14H21N3O2/c1-10(9-13(16)18)17-14(19)8-7-12(15)11-5-3-2-4-6-11/h2-6,10,12H,7-9,15H2,1H3,(H2,16,18)(H,17,19). The topological polar surface area (TPSA) is 98.2 Å². The number of amides is 2. The third-order valence-corrected chi connectivity index (χ3v) is 2.82. The molecule has 2 unspecified atom stereocenters. The van der Waals surface area contributed by atoms with Gasteiger partial charge in [-0.15, -0.1) is 0 Å². The van der Waals surface area contributed by atoms with Crippen LogP contribution < -0.4 is 16.8 Å². The zero-order valence-electron chi connectivity index (χ0n) is 11.1. The highest BCUT2D eigenvalue weighted by Crippen LogP contribution is 2.14. The van der Waals surface area contributed by atoms with E-state index in [0.717, 1.165) is 5.56 Å². The normalized spacial score (nSPS) is 13.6. The first-order chi connectivity index (χ1) is 8.99. The predicted octanol–water partition coefficient (Wildman–Crippen LogP) is 0.847. The molecule has 1 aromatic carbocycles. The molecule has 5 heteroatoms. The monoisotopic (exact) mass is 263 g/mol. The number of carbonyl (C=O) groups excluding carboxylic acids is 2. The van der Waals surface area contributed by atoms with Crippen LogP contribution in [0.2, 0.25) is 0 Å². The van der Waals surface area contributed by atoms with E-state index in [1.165, 1.54) is 0 Å². The molecule has 104 valence electrons. The fraction of sp³-hybridized carbons (Fsp3) is 0.429. The van der Waals surface area contributed by atoms with Gasteiger partial charge in [-0.3, -0.25) is 9.59 Å². The van der Waals surface area contributed by atoms with Crippen molar-refractivity contribution in [2.75, 3.05) is 0 Å². The maximum atomic E-state index is 11.7. The molecular formula is C14H21N3O2. The zero-order chi connectivity index (χ0) is 14.3. The van der Waals surface area contributed by atoms with Crippen molar-refractivity contribution in [2.45, 2.75) is 38.3 Å². The molecule has 0 saturated carbocycles. The van der Waals surface area contributed by atoms with Gasteiger partial charge in [0, 0.05) is 24.9 Å². The molecule has 1 aromatic rings. The van der Waals surface area contributed by atoms with E-state index in [4.69, 9.17) is 11.5 Å². The molecule has 2 atom stereocenters. The lowest BCUT2D eigenvalue weighted by molar-refractivity contribution is -0.122. The van der Waals surface area contributed by atoms with Crippen molar-refractivity contribution in [3.63, 3.8) is 0 Å². The molecule has 0 bridgehead atoms. The van der Waals surface area contributed by atoms with Crippen molar-refractivity contribution in [1.29, 1.82) is 0 Å². The Bertz CT molecular complexity index is 420. The number of nitrogens with two attached hydrogens (primary N) is 2. The van der Waals surface area contributed by atoms with E-state index in [-0.39, 0.29) is 24.4 Å². The number of hydrogen-bond acceptors (Lipinski definition) is 3. The van der Waals surface area contributed by atoms with Gasteiger partial charge in [-0.25, -0.2) is 0 Å². The Balaban J connectivity index is 2.32. The van der Waals surface area contributed by atoms with Crippen molar-refractivity contribution in [2.24, 2.45) is 11.5 Å². The highest BCUT2D eigenvalue weighted by atomic mass is 16.2. The fourth-order valence-corrected chi connectivity index (χ4v) is 1.85. The van der Waals surface area contributed by atoms with Gasteiger partial charge in [0.25, 0.3) is 0 Å². The van der Waals surface area contributed by atoms with Gasteiger partial charge < -0.3 is 16.8 Å². The summed E-state index contributed by atoms with van der Waals surface area (Å²) >= 11 is 0. The van der Waals surface area contributed by atoms with E-state index in [1.807, 2.05) is 30.3 Å². The molecular weight excluding hydrogens is 242 g/mol. The molecule has 1 rings (SSSR count). The van der Waals surface area contributed by atoms with Gasteiger partial charge in [0.05, 0.1) is 0 Å². The van der Waals surface area contributed by atoms with E-state index in [9.17, 15) is 9.59 Å². The van der Waals surface area contributed by atoms with Crippen LogP contribution in [0.3, 0.4) is 0 Å². The van der Waals surface area contributed by atoms with Crippen LogP contribution in [-0.2, 0) is 9.59 Å². The number of nitrogens with one attached hydrogen (secondary N) is 1. The lowest BCUT2D eigenvalue weighted by Gasteiger charge is -2.14. The molecule has 0 spiro atoms. The highest BCUT2D eigenvalue weighted by Gasteiger charge is 2.12. The number of primary amides is 1. The smallest absolute Gasteiger partial charge is 0.220 e. The van der Waals surface area contributed by atoms with E-state index in [1.54, 1.807) is 6.92 Å². The number of hydrogen-bond donors (Lipinski definition) is 3. The number of carbonyl (C=O) groups is 2. The van der Waals surface area contributed by atoms with Crippen LogP contribution in [0.5, 0.6) is 0 Å². The van der Waals surface area contributed by atoms with Gasteiger partial charge in [-0.1, -0.05) is 30.3 Å². The third-order valence-electron chi connectivity index (χ3n) is 2.82. The van der Waals surface area contributed by atoms with Gasteiger partial charge in [-0.2, -0.15) is 0 Å². The largest absolute Gasteiger partial charge is 0.370 e. The van der Waals surface area contributed by atoms with Crippen molar-refractivity contribution in [1.82, 2.24) is 5.32 Å². The van der Waals surface area contributed by atoms with Gasteiger partial charge in [0.15, 0.2) is 0 Å². The molecule has 0 radical (unpaired) electrons. The van der Waals surface area contributed by atoms with Crippen LogP contribution in [0, 0.1) is 0 Å². The van der Waals surface area contributed by atoms with E-state index >= 15 is 0 Å². The third kappa shape index (κ3) is 6.01. The van der Waals surface area contributed by atoms with Crippen molar-refractivity contribution < 1.29 is 9.59 Å². The van der Waals surface area contributed by atoms with E-state index < -0.39 is 5.91 Å². The molecule has 2 amide bonds. The Hall–Kier alpha value is -1.88. The highest BCUT2D eigenvalue weighted by molar-refractivity contribution is 5.78. The molecule has 0 saturated heterocycles. The first kappa shape index (κ1) is 15.2. The summed E-state index contributed by atoms with van der Waals surface area (Å²) in [6, 6.07) is 9.26. The van der Waals surface area contributed by atoms with Crippen molar-refractivity contribution in [3.8, 4) is 0 Å². The molecule has 0 aliphatic heterocycles. The Labute approximate surface area is 113 Å². The van der Waals surface area contributed by atoms with Gasteiger partial charge in [0.2, 0.25) is 11.8 Å². The summed E-state index contributed by atoms with van der Waals surface area (Å²) in [5.41, 5.74) is 12.1. The summed E-state index contributed by atoms with van der Waals surface area (Å²) < 4.78 is 0. The van der Waals surface area contributed by atoms with Gasteiger partial charge >= 0.3 is 0 Å². The predicted molar refractivity (Wildman–Crippen MR) is 74.0 cm³/mol.